The van der Waals surface area contributed by atoms with Gasteiger partial charge in [0.2, 0.25) is 0 Å². The van der Waals surface area contributed by atoms with Gasteiger partial charge in [-0.1, -0.05) is 27.2 Å². The maximum absolute atomic E-state index is 11.4. The summed E-state index contributed by atoms with van der Waals surface area (Å²) in [5.41, 5.74) is 5.69. The molecule has 0 saturated carbocycles. The standard InChI is InChI=1S/C10H21NO/c1-4-6-8(3)10(12)7-9(11)5-2/h8-9H,4-7,11H2,1-3H3. The van der Waals surface area contributed by atoms with Gasteiger partial charge in [-0.05, 0) is 12.8 Å². The Kier molecular flexibility index (Phi) is 5.99. The third-order valence-electron chi connectivity index (χ3n) is 2.26. The van der Waals surface area contributed by atoms with Gasteiger partial charge >= 0.3 is 0 Å². The highest BCUT2D eigenvalue weighted by Gasteiger charge is 2.14. The van der Waals surface area contributed by atoms with Crippen molar-refractivity contribution in [1.82, 2.24) is 0 Å². The van der Waals surface area contributed by atoms with Crippen LogP contribution in [-0.4, -0.2) is 11.8 Å². The molecule has 0 aliphatic carbocycles. The lowest BCUT2D eigenvalue weighted by Crippen LogP contribution is -2.25. The number of carbonyl (C=O) groups excluding carboxylic acids is 1. The van der Waals surface area contributed by atoms with Gasteiger partial charge in [0.25, 0.3) is 0 Å². The number of carbonyl (C=O) groups is 1. The Morgan fingerprint density at radius 1 is 1.42 bits per heavy atom. The molecule has 0 radical (unpaired) electrons. The fourth-order valence-corrected chi connectivity index (χ4v) is 1.20. The molecular weight excluding hydrogens is 150 g/mol. The van der Waals surface area contributed by atoms with Gasteiger partial charge < -0.3 is 5.73 Å². The van der Waals surface area contributed by atoms with Crippen LogP contribution in [0.15, 0.2) is 0 Å². The normalized spacial score (nSPS) is 15.7. The van der Waals surface area contributed by atoms with Crippen LogP contribution in [-0.2, 0) is 4.79 Å². The molecule has 0 rings (SSSR count). The average molecular weight is 171 g/mol. The van der Waals surface area contributed by atoms with Crippen molar-refractivity contribution in [1.29, 1.82) is 0 Å². The van der Waals surface area contributed by atoms with Crippen LogP contribution in [0.5, 0.6) is 0 Å². The summed E-state index contributed by atoms with van der Waals surface area (Å²) in [5, 5.41) is 0. The summed E-state index contributed by atoms with van der Waals surface area (Å²) in [6, 6.07) is 0.0665. The molecule has 0 heterocycles. The number of ketones is 1. The molecule has 2 unspecified atom stereocenters. The van der Waals surface area contributed by atoms with Gasteiger partial charge in [-0.25, -0.2) is 0 Å². The van der Waals surface area contributed by atoms with Crippen LogP contribution in [0.4, 0.5) is 0 Å². The van der Waals surface area contributed by atoms with Crippen LogP contribution in [0.2, 0.25) is 0 Å². The van der Waals surface area contributed by atoms with Gasteiger partial charge in [-0.2, -0.15) is 0 Å². The highest BCUT2D eigenvalue weighted by Crippen LogP contribution is 2.10. The number of Topliss-reactive ketones (excluding diaryl/α,β-unsaturated/α-hetero) is 1. The minimum absolute atomic E-state index is 0.0665. The Balaban J connectivity index is 3.70. The summed E-state index contributed by atoms with van der Waals surface area (Å²) in [6.45, 7) is 6.11. The van der Waals surface area contributed by atoms with E-state index in [9.17, 15) is 4.79 Å². The van der Waals surface area contributed by atoms with E-state index in [0.29, 0.717) is 12.2 Å². The topological polar surface area (TPSA) is 43.1 Å². The van der Waals surface area contributed by atoms with E-state index in [4.69, 9.17) is 5.73 Å². The second-order valence-corrected chi connectivity index (χ2v) is 3.53. The summed E-state index contributed by atoms with van der Waals surface area (Å²) in [6.07, 6.45) is 3.52. The van der Waals surface area contributed by atoms with E-state index in [1.165, 1.54) is 0 Å². The molecule has 0 amide bonds. The van der Waals surface area contributed by atoms with E-state index in [1.54, 1.807) is 0 Å². The zero-order chi connectivity index (χ0) is 9.56. The van der Waals surface area contributed by atoms with E-state index >= 15 is 0 Å². The van der Waals surface area contributed by atoms with Crippen LogP contribution in [0.3, 0.4) is 0 Å². The molecule has 0 spiro atoms. The quantitative estimate of drug-likeness (QED) is 0.665. The second-order valence-electron chi connectivity index (χ2n) is 3.53. The summed E-state index contributed by atoms with van der Waals surface area (Å²) >= 11 is 0. The van der Waals surface area contributed by atoms with E-state index < -0.39 is 0 Å². The largest absolute Gasteiger partial charge is 0.327 e. The predicted octanol–water partition coefficient (Wildman–Crippen LogP) is 2.12. The zero-order valence-corrected chi connectivity index (χ0v) is 8.47. The van der Waals surface area contributed by atoms with E-state index in [-0.39, 0.29) is 12.0 Å². The monoisotopic (exact) mass is 171 g/mol. The van der Waals surface area contributed by atoms with Crippen LogP contribution in [0, 0.1) is 5.92 Å². The lowest BCUT2D eigenvalue weighted by Gasteiger charge is -2.12. The van der Waals surface area contributed by atoms with Crippen molar-refractivity contribution in [2.75, 3.05) is 0 Å². The number of hydrogen-bond donors (Lipinski definition) is 1. The first-order chi connectivity index (χ1) is 5.61. The smallest absolute Gasteiger partial charge is 0.137 e. The highest BCUT2D eigenvalue weighted by atomic mass is 16.1. The van der Waals surface area contributed by atoms with Crippen molar-refractivity contribution in [3.05, 3.63) is 0 Å². The van der Waals surface area contributed by atoms with Crippen LogP contribution in [0.1, 0.15) is 46.5 Å². The fraction of sp³-hybridized carbons (Fsp3) is 0.900. The summed E-state index contributed by atoms with van der Waals surface area (Å²) in [4.78, 5) is 11.4. The lowest BCUT2D eigenvalue weighted by atomic mass is 9.95. The third kappa shape index (κ3) is 4.50. The Morgan fingerprint density at radius 3 is 2.42 bits per heavy atom. The van der Waals surface area contributed by atoms with E-state index in [2.05, 4.69) is 6.92 Å². The third-order valence-corrected chi connectivity index (χ3v) is 2.26. The van der Waals surface area contributed by atoms with Gasteiger partial charge in [0.1, 0.15) is 5.78 Å². The molecule has 0 aromatic rings. The van der Waals surface area contributed by atoms with Crippen molar-refractivity contribution in [2.45, 2.75) is 52.5 Å². The van der Waals surface area contributed by atoms with Gasteiger partial charge in [0.05, 0.1) is 0 Å². The predicted molar refractivity (Wildman–Crippen MR) is 52.0 cm³/mol. The maximum Gasteiger partial charge on any atom is 0.137 e. The molecule has 0 saturated heterocycles. The number of hydrogen-bond acceptors (Lipinski definition) is 2. The molecule has 2 N–H and O–H groups in total. The SMILES string of the molecule is CCCC(C)C(=O)CC(N)CC. The van der Waals surface area contributed by atoms with Crippen LogP contribution in [0.25, 0.3) is 0 Å². The first-order valence-corrected chi connectivity index (χ1v) is 4.90. The van der Waals surface area contributed by atoms with E-state index in [0.717, 1.165) is 19.3 Å². The summed E-state index contributed by atoms with van der Waals surface area (Å²) < 4.78 is 0. The Labute approximate surface area is 75.5 Å². The molecule has 0 bridgehead atoms. The number of rotatable bonds is 6. The highest BCUT2D eigenvalue weighted by molar-refractivity contribution is 5.81. The Bertz CT molecular complexity index is 134. The molecule has 2 nitrogen and oxygen atoms in total. The molecule has 0 aromatic heterocycles. The molecular formula is C10H21NO. The first-order valence-electron chi connectivity index (χ1n) is 4.90. The van der Waals surface area contributed by atoms with Crippen molar-refractivity contribution < 1.29 is 4.79 Å². The van der Waals surface area contributed by atoms with Gasteiger partial charge in [-0.3, -0.25) is 4.79 Å². The van der Waals surface area contributed by atoms with Gasteiger partial charge in [0.15, 0.2) is 0 Å². The summed E-state index contributed by atoms with van der Waals surface area (Å²) in [5.74, 6) is 0.527. The van der Waals surface area contributed by atoms with E-state index in [1.807, 2.05) is 13.8 Å². The second kappa shape index (κ2) is 6.18. The Morgan fingerprint density at radius 2 is 2.00 bits per heavy atom. The molecule has 0 fully saturated rings. The zero-order valence-electron chi connectivity index (χ0n) is 8.47. The molecule has 2 heteroatoms. The van der Waals surface area contributed by atoms with Gasteiger partial charge in [0, 0.05) is 18.4 Å². The molecule has 0 aliphatic heterocycles. The fourth-order valence-electron chi connectivity index (χ4n) is 1.20. The summed E-state index contributed by atoms with van der Waals surface area (Å²) in [7, 11) is 0. The van der Waals surface area contributed by atoms with Crippen molar-refractivity contribution in [3.8, 4) is 0 Å². The van der Waals surface area contributed by atoms with Crippen molar-refractivity contribution in [3.63, 3.8) is 0 Å². The molecule has 72 valence electrons. The lowest BCUT2D eigenvalue weighted by molar-refractivity contribution is -0.122. The van der Waals surface area contributed by atoms with Crippen LogP contribution >= 0.6 is 0 Å². The van der Waals surface area contributed by atoms with Gasteiger partial charge in [-0.15, -0.1) is 0 Å². The number of nitrogens with two attached hydrogens (primary N) is 1. The first kappa shape index (κ1) is 11.6. The molecule has 2 atom stereocenters. The molecule has 12 heavy (non-hydrogen) atoms. The van der Waals surface area contributed by atoms with Crippen LogP contribution < -0.4 is 5.73 Å². The molecule has 0 aliphatic rings. The minimum atomic E-state index is 0.0665. The average Bonchev–Trinajstić information content (AvgIpc) is 2.04. The molecule has 0 aromatic carbocycles. The minimum Gasteiger partial charge on any atom is -0.327 e. The Hall–Kier alpha value is -0.370. The van der Waals surface area contributed by atoms with Crippen molar-refractivity contribution >= 4 is 5.78 Å². The van der Waals surface area contributed by atoms with Crippen molar-refractivity contribution in [2.24, 2.45) is 11.7 Å². The maximum atomic E-state index is 11.4.